The van der Waals surface area contributed by atoms with Crippen LogP contribution in [0.25, 0.3) is 0 Å². The fourth-order valence-corrected chi connectivity index (χ4v) is 4.50. The average molecular weight is 425 g/mol. The van der Waals surface area contributed by atoms with Gasteiger partial charge in [-0.1, -0.05) is 6.07 Å². The largest absolute Gasteiger partial charge is 0.486 e. The number of nitrogens with one attached hydrogen (secondary N) is 3. The molecule has 7 nitrogen and oxygen atoms in total. The molecule has 0 bridgehead atoms. The summed E-state index contributed by atoms with van der Waals surface area (Å²) in [6.07, 6.45) is 7.10. The highest BCUT2D eigenvalue weighted by Gasteiger charge is 2.35. The van der Waals surface area contributed by atoms with E-state index in [0.717, 1.165) is 48.7 Å². The Morgan fingerprint density at radius 3 is 2.58 bits per heavy atom. The molecule has 0 aliphatic carbocycles. The van der Waals surface area contributed by atoms with Gasteiger partial charge in [-0.15, -0.1) is 0 Å². The lowest BCUT2D eigenvalue weighted by atomic mass is 9.82. The number of benzene rings is 1. The molecule has 31 heavy (non-hydrogen) atoms. The number of piperidine rings is 1. The number of nitrogens with zero attached hydrogens (tertiary/aromatic N) is 1. The summed E-state index contributed by atoms with van der Waals surface area (Å²) in [5, 5.41) is 10.3. The van der Waals surface area contributed by atoms with E-state index in [9.17, 15) is 4.79 Å². The number of hydrogen-bond donors (Lipinski definition) is 3. The molecule has 1 unspecified atom stereocenters. The molecule has 7 heteroatoms. The van der Waals surface area contributed by atoms with E-state index in [0.29, 0.717) is 25.7 Å². The predicted molar refractivity (Wildman–Crippen MR) is 119 cm³/mol. The van der Waals surface area contributed by atoms with Gasteiger partial charge in [0.15, 0.2) is 11.5 Å². The van der Waals surface area contributed by atoms with Crippen LogP contribution >= 0.6 is 0 Å². The lowest BCUT2D eigenvalue weighted by Crippen LogP contribution is -2.52. The van der Waals surface area contributed by atoms with Crippen molar-refractivity contribution >= 4 is 5.91 Å². The summed E-state index contributed by atoms with van der Waals surface area (Å²) < 4.78 is 11.6. The summed E-state index contributed by atoms with van der Waals surface area (Å²) in [7, 11) is 0. The van der Waals surface area contributed by atoms with E-state index in [1.807, 2.05) is 24.3 Å². The van der Waals surface area contributed by atoms with Gasteiger partial charge < -0.3 is 25.4 Å². The summed E-state index contributed by atoms with van der Waals surface area (Å²) in [4.78, 5) is 16.1. The Morgan fingerprint density at radius 2 is 1.84 bits per heavy atom. The van der Waals surface area contributed by atoms with E-state index in [4.69, 9.17) is 9.47 Å². The molecule has 2 aromatic rings. The number of aromatic nitrogens is 1. The number of amides is 1. The fraction of sp³-hybridized carbons (Fsp3) is 0.500. The molecule has 0 saturated carbocycles. The standard InChI is InChI=1S/C24H32N4O3/c1-18(29)27-17-24(20-7-11-26-12-8-20,28-13-6-19-4-9-25-10-5-19)21-2-3-22-23(16-21)31-15-14-30-22/h2-3,7-8,11-12,16,19,25,28H,4-6,9-10,13-15,17H2,1H3,(H,27,29). The monoisotopic (exact) mass is 424 g/mol. The van der Waals surface area contributed by atoms with E-state index < -0.39 is 5.54 Å². The molecule has 166 valence electrons. The lowest BCUT2D eigenvalue weighted by molar-refractivity contribution is -0.119. The van der Waals surface area contributed by atoms with E-state index in [2.05, 4.69) is 27.0 Å². The molecule has 1 amide bonds. The lowest BCUT2D eigenvalue weighted by Gasteiger charge is -2.37. The molecule has 1 aromatic carbocycles. The molecular formula is C24H32N4O3. The molecular weight excluding hydrogens is 392 g/mol. The predicted octanol–water partition coefficient (Wildman–Crippen LogP) is 2.21. The van der Waals surface area contributed by atoms with Crippen LogP contribution < -0.4 is 25.4 Å². The molecule has 3 heterocycles. The first-order valence-corrected chi connectivity index (χ1v) is 11.2. The maximum Gasteiger partial charge on any atom is 0.216 e. The quantitative estimate of drug-likeness (QED) is 0.603. The third-order valence-electron chi connectivity index (χ3n) is 6.25. The minimum atomic E-state index is -0.600. The van der Waals surface area contributed by atoms with Crippen molar-refractivity contribution in [1.29, 1.82) is 0 Å². The van der Waals surface area contributed by atoms with Gasteiger partial charge in [0.25, 0.3) is 0 Å². The Balaban J connectivity index is 1.67. The smallest absolute Gasteiger partial charge is 0.216 e. The van der Waals surface area contributed by atoms with Crippen molar-refractivity contribution in [2.45, 2.75) is 31.7 Å². The summed E-state index contributed by atoms with van der Waals surface area (Å²) in [6.45, 7) is 6.10. The second-order valence-electron chi connectivity index (χ2n) is 8.32. The topological polar surface area (TPSA) is 84.5 Å². The zero-order valence-electron chi connectivity index (χ0n) is 18.2. The molecule has 0 radical (unpaired) electrons. The number of hydrogen-bond acceptors (Lipinski definition) is 6. The van der Waals surface area contributed by atoms with Crippen LogP contribution in [0.1, 0.15) is 37.3 Å². The van der Waals surface area contributed by atoms with Crippen LogP contribution in [0.4, 0.5) is 0 Å². The highest BCUT2D eigenvalue weighted by molar-refractivity contribution is 5.73. The van der Waals surface area contributed by atoms with Gasteiger partial charge in [-0.25, -0.2) is 0 Å². The Hall–Kier alpha value is -2.64. The maximum atomic E-state index is 11.9. The van der Waals surface area contributed by atoms with Crippen LogP contribution in [-0.2, 0) is 10.3 Å². The minimum absolute atomic E-state index is 0.0591. The normalized spacial score (nSPS) is 18.2. The number of carbonyl (C=O) groups is 1. The van der Waals surface area contributed by atoms with Gasteiger partial charge in [-0.3, -0.25) is 9.78 Å². The van der Waals surface area contributed by atoms with Gasteiger partial charge in [0, 0.05) is 25.9 Å². The summed E-state index contributed by atoms with van der Waals surface area (Å²) in [5.74, 6) is 2.15. The maximum absolute atomic E-state index is 11.9. The van der Waals surface area contributed by atoms with Gasteiger partial charge in [-0.05, 0) is 80.2 Å². The van der Waals surface area contributed by atoms with Gasteiger partial charge in [-0.2, -0.15) is 0 Å². The van der Waals surface area contributed by atoms with Crippen molar-refractivity contribution in [3.8, 4) is 11.5 Å². The fourth-order valence-electron chi connectivity index (χ4n) is 4.50. The Bertz CT molecular complexity index is 870. The van der Waals surface area contributed by atoms with Crippen LogP contribution in [0, 0.1) is 5.92 Å². The Kier molecular flexibility index (Phi) is 7.04. The van der Waals surface area contributed by atoms with E-state index >= 15 is 0 Å². The number of rotatable bonds is 8. The third kappa shape index (κ3) is 5.17. The summed E-state index contributed by atoms with van der Waals surface area (Å²) >= 11 is 0. The van der Waals surface area contributed by atoms with Crippen molar-refractivity contribution in [2.24, 2.45) is 5.92 Å². The van der Waals surface area contributed by atoms with Gasteiger partial charge in [0.05, 0.1) is 5.54 Å². The van der Waals surface area contributed by atoms with E-state index in [1.165, 1.54) is 12.8 Å². The number of ether oxygens (including phenoxy) is 2. The first-order chi connectivity index (χ1) is 15.2. The molecule has 1 fully saturated rings. The second kappa shape index (κ2) is 10.1. The summed E-state index contributed by atoms with van der Waals surface area (Å²) in [5.41, 5.74) is 1.48. The zero-order valence-corrected chi connectivity index (χ0v) is 18.2. The van der Waals surface area contributed by atoms with E-state index in [-0.39, 0.29) is 5.91 Å². The SMILES string of the molecule is CC(=O)NCC(NCCC1CCNCC1)(c1ccncc1)c1ccc2c(c1)OCCO2. The molecule has 3 N–H and O–H groups in total. The van der Waals surface area contributed by atoms with E-state index in [1.54, 1.807) is 19.3 Å². The molecule has 4 rings (SSSR count). The molecule has 1 aromatic heterocycles. The zero-order chi connectivity index (χ0) is 21.5. The highest BCUT2D eigenvalue weighted by Crippen LogP contribution is 2.37. The van der Waals surface area contributed by atoms with Crippen molar-refractivity contribution in [1.82, 2.24) is 20.9 Å². The second-order valence-corrected chi connectivity index (χ2v) is 8.32. The molecule has 0 spiro atoms. The van der Waals surface area contributed by atoms with Crippen LogP contribution in [0.3, 0.4) is 0 Å². The van der Waals surface area contributed by atoms with Crippen LogP contribution in [0.5, 0.6) is 11.5 Å². The van der Waals surface area contributed by atoms with Crippen LogP contribution in [0.2, 0.25) is 0 Å². The van der Waals surface area contributed by atoms with Crippen molar-refractivity contribution in [3.63, 3.8) is 0 Å². The molecule has 1 atom stereocenters. The molecule has 2 aliphatic heterocycles. The number of carbonyl (C=O) groups excluding carboxylic acids is 1. The van der Waals surface area contributed by atoms with Gasteiger partial charge in [0.1, 0.15) is 13.2 Å². The van der Waals surface area contributed by atoms with Crippen molar-refractivity contribution in [2.75, 3.05) is 39.4 Å². The summed E-state index contributed by atoms with van der Waals surface area (Å²) in [6, 6.07) is 10.1. The van der Waals surface area contributed by atoms with Crippen molar-refractivity contribution < 1.29 is 14.3 Å². The first-order valence-electron chi connectivity index (χ1n) is 11.2. The Morgan fingerprint density at radius 1 is 1.10 bits per heavy atom. The minimum Gasteiger partial charge on any atom is -0.486 e. The highest BCUT2D eigenvalue weighted by atomic mass is 16.6. The first kappa shape index (κ1) is 21.6. The van der Waals surface area contributed by atoms with Crippen molar-refractivity contribution in [3.05, 3.63) is 53.9 Å². The van der Waals surface area contributed by atoms with Crippen LogP contribution in [-0.4, -0.2) is 50.3 Å². The molecule has 1 saturated heterocycles. The van der Waals surface area contributed by atoms with Gasteiger partial charge >= 0.3 is 0 Å². The van der Waals surface area contributed by atoms with Crippen LogP contribution in [0.15, 0.2) is 42.7 Å². The number of pyridine rings is 1. The van der Waals surface area contributed by atoms with Gasteiger partial charge in [0.2, 0.25) is 5.91 Å². The molecule has 2 aliphatic rings. The number of fused-ring (bicyclic) bond motifs is 1. The Labute approximate surface area is 183 Å². The average Bonchev–Trinajstić information content (AvgIpc) is 2.82. The third-order valence-corrected chi connectivity index (χ3v) is 6.25.